The largest absolute Gasteiger partial charge is 0.481 e. The van der Waals surface area contributed by atoms with E-state index in [4.69, 9.17) is 4.74 Å². The Morgan fingerprint density at radius 3 is 2.24 bits per heavy atom. The topological polar surface area (TPSA) is 77.3 Å². The minimum atomic E-state index is -0.444. The van der Waals surface area contributed by atoms with Gasteiger partial charge >= 0.3 is 0 Å². The summed E-state index contributed by atoms with van der Waals surface area (Å²) >= 11 is 0. The molecule has 0 saturated carbocycles. The molecule has 0 N–H and O–H groups in total. The number of rotatable bonds is 9. The van der Waals surface area contributed by atoms with E-state index in [-0.39, 0.29) is 18.0 Å². The van der Waals surface area contributed by atoms with Gasteiger partial charge in [0.2, 0.25) is 11.8 Å². The number of carbonyl (C=O) groups is 1. The minimum absolute atomic E-state index is 0.0471. The van der Waals surface area contributed by atoms with Crippen molar-refractivity contribution in [2.75, 3.05) is 20.2 Å². The molecular formula is C22H34N4O3. The van der Waals surface area contributed by atoms with Crippen molar-refractivity contribution in [3.8, 4) is 5.88 Å². The maximum Gasteiger partial charge on any atom is 0.274 e. The Hall–Kier alpha value is -2.44. The highest BCUT2D eigenvalue weighted by atomic mass is 16.5. The van der Waals surface area contributed by atoms with Crippen molar-refractivity contribution in [1.82, 2.24) is 19.4 Å². The number of ether oxygens (including phenoxy) is 1. The van der Waals surface area contributed by atoms with Gasteiger partial charge in [-0.15, -0.1) is 0 Å². The van der Waals surface area contributed by atoms with Gasteiger partial charge in [0.05, 0.1) is 7.11 Å². The van der Waals surface area contributed by atoms with Crippen LogP contribution in [0.3, 0.4) is 0 Å². The number of methoxy groups -OCH3 is 1. The van der Waals surface area contributed by atoms with Gasteiger partial charge in [-0.05, 0) is 18.9 Å². The summed E-state index contributed by atoms with van der Waals surface area (Å²) in [4.78, 5) is 37.2. The van der Waals surface area contributed by atoms with Crippen molar-refractivity contribution in [2.24, 2.45) is 0 Å². The Kier molecular flexibility index (Phi) is 7.76. The monoisotopic (exact) mass is 402 g/mol. The van der Waals surface area contributed by atoms with E-state index in [0.717, 1.165) is 25.7 Å². The summed E-state index contributed by atoms with van der Waals surface area (Å²) in [5, 5.41) is 0. The molecule has 160 valence electrons. The maximum atomic E-state index is 13.3. The molecule has 0 aromatic carbocycles. The zero-order chi connectivity index (χ0) is 21.6. The minimum Gasteiger partial charge on any atom is -0.481 e. The van der Waals surface area contributed by atoms with Crippen molar-refractivity contribution in [1.29, 1.82) is 0 Å². The molecule has 2 rings (SSSR count). The van der Waals surface area contributed by atoms with Gasteiger partial charge in [-0.25, -0.2) is 4.98 Å². The first-order valence-corrected chi connectivity index (χ1v) is 10.5. The van der Waals surface area contributed by atoms with Gasteiger partial charge in [0, 0.05) is 24.6 Å². The zero-order valence-electron chi connectivity index (χ0n) is 18.6. The number of unbranched alkanes of at least 4 members (excludes halogenated alkanes) is 2. The standard InChI is InChI=1S/C22H34N4O3/c1-7-9-13-25(14-10-8-2)18(27)15-26-20-16(11-12-17(24-20)29-6)23-19(21(26)28)22(3,4)5/h11-12H,7-10,13-15H2,1-6H3. The van der Waals surface area contributed by atoms with Gasteiger partial charge < -0.3 is 9.64 Å². The summed E-state index contributed by atoms with van der Waals surface area (Å²) in [5.41, 5.74) is 0.669. The van der Waals surface area contributed by atoms with E-state index in [2.05, 4.69) is 23.8 Å². The second-order valence-corrected chi connectivity index (χ2v) is 8.39. The second-order valence-electron chi connectivity index (χ2n) is 8.39. The normalized spacial score (nSPS) is 11.7. The highest BCUT2D eigenvalue weighted by Gasteiger charge is 2.25. The van der Waals surface area contributed by atoms with Crippen LogP contribution in [0, 0.1) is 0 Å². The molecule has 0 spiro atoms. The van der Waals surface area contributed by atoms with Gasteiger partial charge in [-0.3, -0.25) is 14.2 Å². The van der Waals surface area contributed by atoms with Gasteiger partial charge in [0.25, 0.3) is 5.56 Å². The van der Waals surface area contributed by atoms with E-state index >= 15 is 0 Å². The fourth-order valence-corrected chi connectivity index (χ4v) is 3.15. The molecule has 7 heteroatoms. The van der Waals surface area contributed by atoms with E-state index in [1.165, 1.54) is 11.7 Å². The van der Waals surface area contributed by atoms with Gasteiger partial charge in [0.15, 0.2) is 5.65 Å². The lowest BCUT2D eigenvalue weighted by Gasteiger charge is -2.24. The first-order chi connectivity index (χ1) is 13.7. The molecule has 0 aliphatic rings. The summed E-state index contributed by atoms with van der Waals surface area (Å²) in [7, 11) is 1.52. The van der Waals surface area contributed by atoms with E-state index in [1.54, 1.807) is 12.1 Å². The molecule has 2 heterocycles. The van der Waals surface area contributed by atoms with Crippen molar-refractivity contribution < 1.29 is 9.53 Å². The number of carbonyl (C=O) groups excluding carboxylic acids is 1. The highest BCUT2D eigenvalue weighted by Crippen LogP contribution is 2.21. The third-order valence-corrected chi connectivity index (χ3v) is 4.89. The SMILES string of the molecule is CCCCN(CCCC)C(=O)Cn1c(=O)c(C(C)(C)C)nc2ccc(OC)nc21. The lowest BCUT2D eigenvalue weighted by atomic mass is 9.92. The third-order valence-electron chi connectivity index (χ3n) is 4.89. The quantitative estimate of drug-likeness (QED) is 0.641. The molecule has 0 unspecified atom stereocenters. The van der Waals surface area contributed by atoms with Crippen LogP contribution in [0.4, 0.5) is 0 Å². The van der Waals surface area contributed by atoms with Crippen LogP contribution >= 0.6 is 0 Å². The Morgan fingerprint density at radius 1 is 1.10 bits per heavy atom. The second kappa shape index (κ2) is 9.85. The van der Waals surface area contributed by atoms with Crippen LogP contribution in [0.5, 0.6) is 5.88 Å². The number of pyridine rings is 1. The molecule has 2 aromatic rings. The number of hydrogen-bond acceptors (Lipinski definition) is 5. The van der Waals surface area contributed by atoms with Crippen LogP contribution in [0.2, 0.25) is 0 Å². The first-order valence-electron chi connectivity index (χ1n) is 10.5. The molecule has 1 amide bonds. The van der Waals surface area contributed by atoms with Crippen LogP contribution in [0.15, 0.2) is 16.9 Å². The molecule has 0 saturated heterocycles. The summed E-state index contributed by atoms with van der Waals surface area (Å²) in [6, 6.07) is 3.50. The molecule has 0 bridgehead atoms. The molecule has 0 atom stereocenters. The van der Waals surface area contributed by atoms with Crippen molar-refractivity contribution in [3.05, 3.63) is 28.2 Å². The van der Waals surface area contributed by atoms with Crippen LogP contribution in [0.1, 0.15) is 66.0 Å². The number of amides is 1. The summed E-state index contributed by atoms with van der Waals surface area (Å²) < 4.78 is 6.68. The molecule has 0 aliphatic heterocycles. The molecule has 29 heavy (non-hydrogen) atoms. The van der Waals surface area contributed by atoms with Crippen LogP contribution < -0.4 is 10.3 Å². The van der Waals surface area contributed by atoms with Gasteiger partial charge in [-0.1, -0.05) is 47.5 Å². The fraction of sp³-hybridized carbons (Fsp3) is 0.636. The molecule has 0 fully saturated rings. The molecular weight excluding hydrogens is 368 g/mol. The van der Waals surface area contributed by atoms with Crippen LogP contribution in [-0.4, -0.2) is 45.5 Å². The lowest BCUT2D eigenvalue weighted by Crippen LogP contribution is -2.40. The van der Waals surface area contributed by atoms with Crippen LogP contribution in [0.25, 0.3) is 11.2 Å². The van der Waals surface area contributed by atoms with Crippen molar-refractivity contribution in [3.63, 3.8) is 0 Å². The number of nitrogens with zero attached hydrogens (tertiary/aromatic N) is 4. The van der Waals surface area contributed by atoms with E-state index in [1.807, 2.05) is 25.7 Å². The average Bonchev–Trinajstić information content (AvgIpc) is 2.68. The number of fused-ring (bicyclic) bond motifs is 1. The third kappa shape index (κ3) is 5.55. The summed E-state index contributed by atoms with van der Waals surface area (Å²) in [6.07, 6.45) is 3.92. The molecule has 7 nitrogen and oxygen atoms in total. The fourth-order valence-electron chi connectivity index (χ4n) is 3.15. The van der Waals surface area contributed by atoms with Gasteiger partial charge in [-0.2, -0.15) is 4.98 Å². The Morgan fingerprint density at radius 2 is 1.72 bits per heavy atom. The molecule has 0 aliphatic carbocycles. The zero-order valence-corrected chi connectivity index (χ0v) is 18.6. The Balaban J connectivity index is 2.54. The van der Waals surface area contributed by atoms with Crippen LogP contribution in [-0.2, 0) is 16.8 Å². The Bertz CT molecular complexity index is 891. The number of hydrogen-bond donors (Lipinski definition) is 0. The van der Waals surface area contributed by atoms with Crippen molar-refractivity contribution in [2.45, 2.75) is 72.3 Å². The van der Waals surface area contributed by atoms with E-state index in [0.29, 0.717) is 35.8 Å². The molecule has 2 aromatic heterocycles. The first kappa shape index (κ1) is 22.8. The van der Waals surface area contributed by atoms with E-state index in [9.17, 15) is 9.59 Å². The van der Waals surface area contributed by atoms with Crippen molar-refractivity contribution >= 4 is 17.1 Å². The van der Waals surface area contributed by atoms with Gasteiger partial charge in [0.1, 0.15) is 17.8 Å². The molecule has 0 radical (unpaired) electrons. The predicted octanol–water partition coefficient (Wildman–Crippen LogP) is 3.53. The Labute approximate surface area is 173 Å². The lowest BCUT2D eigenvalue weighted by molar-refractivity contribution is -0.132. The average molecular weight is 403 g/mol. The smallest absolute Gasteiger partial charge is 0.274 e. The van der Waals surface area contributed by atoms with E-state index < -0.39 is 5.41 Å². The summed E-state index contributed by atoms with van der Waals surface area (Å²) in [6.45, 7) is 11.4. The maximum absolute atomic E-state index is 13.3. The number of aromatic nitrogens is 3. The summed E-state index contributed by atoms with van der Waals surface area (Å²) in [5.74, 6) is 0.322. The highest BCUT2D eigenvalue weighted by molar-refractivity contribution is 5.79. The predicted molar refractivity (Wildman–Crippen MR) is 115 cm³/mol.